The number of hydrogen-bond donors (Lipinski definition) is 1. The first-order valence-electron chi connectivity index (χ1n) is 6.70. The van der Waals surface area contributed by atoms with Gasteiger partial charge in [-0.15, -0.1) is 0 Å². The molecule has 0 bridgehead atoms. The lowest BCUT2D eigenvalue weighted by Crippen LogP contribution is -2.45. The van der Waals surface area contributed by atoms with Crippen LogP contribution in [0.25, 0.3) is 0 Å². The fourth-order valence-electron chi connectivity index (χ4n) is 2.74. The van der Waals surface area contributed by atoms with Crippen molar-refractivity contribution >= 4 is 11.7 Å². The van der Waals surface area contributed by atoms with Gasteiger partial charge in [0.15, 0.2) is 0 Å². The Morgan fingerprint density at radius 1 is 1.52 bits per heavy atom. The predicted molar refractivity (Wildman–Crippen MR) is 73.3 cm³/mol. The predicted octanol–water partition coefficient (Wildman–Crippen LogP) is 2.42. The SMILES string of the molecule is CC1(C(=O)O)CCCN(Cc2cc(F)cc([N+](=O)[O-])c2)C1. The van der Waals surface area contributed by atoms with Crippen LogP contribution in [0.1, 0.15) is 25.3 Å². The van der Waals surface area contributed by atoms with Crippen molar-refractivity contribution in [2.75, 3.05) is 13.1 Å². The highest BCUT2D eigenvalue weighted by molar-refractivity contribution is 5.74. The Bertz CT molecular complexity index is 578. The monoisotopic (exact) mass is 296 g/mol. The third kappa shape index (κ3) is 3.55. The molecule has 0 amide bonds. The number of nitro benzene ring substituents is 1. The third-order valence-corrected chi connectivity index (χ3v) is 3.85. The number of non-ortho nitro benzene ring substituents is 1. The first-order chi connectivity index (χ1) is 9.80. The van der Waals surface area contributed by atoms with Gasteiger partial charge in [-0.1, -0.05) is 0 Å². The van der Waals surface area contributed by atoms with Gasteiger partial charge < -0.3 is 5.11 Å². The van der Waals surface area contributed by atoms with Gasteiger partial charge in [0.05, 0.1) is 16.4 Å². The molecule has 2 rings (SSSR count). The molecule has 1 fully saturated rings. The molecule has 1 aromatic rings. The number of likely N-dealkylation sites (tertiary alicyclic amines) is 1. The van der Waals surface area contributed by atoms with E-state index in [2.05, 4.69) is 0 Å². The summed E-state index contributed by atoms with van der Waals surface area (Å²) in [4.78, 5) is 23.3. The Hall–Kier alpha value is -2.02. The van der Waals surface area contributed by atoms with Gasteiger partial charge in [0.2, 0.25) is 0 Å². The summed E-state index contributed by atoms with van der Waals surface area (Å²) in [5.41, 5.74) is -0.628. The molecule has 1 aromatic carbocycles. The van der Waals surface area contributed by atoms with E-state index in [1.807, 2.05) is 4.90 Å². The first kappa shape index (κ1) is 15.4. The van der Waals surface area contributed by atoms with E-state index >= 15 is 0 Å². The molecule has 1 heterocycles. The van der Waals surface area contributed by atoms with Gasteiger partial charge in [-0.2, -0.15) is 0 Å². The van der Waals surface area contributed by atoms with Crippen LogP contribution in [0.5, 0.6) is 0 Å². The largest absolute Gasteiger partial charge is 0.481 e. The maximum absolute atomic E-state index is 13.4. The Morgan fingerprint density at radius 3 is 2.86 bits per heavy atom. The number of benzene rings is 1. The summed E-state index contributed by atoms with van der Waals surface area (Å²) in [6.45, 7) is 3.05. The Morgan fingerprint density at radius 2 is 2.24 bits per heavy atom. The molecular weight excluding hydrogens is 279 g/mol. The van der Waals surface area contributed by atoms with E-state index in [1.165, 1.54) is 12.1 Å². The van der Waals surface area contributed by atoms with Gasteiger partial charge in [0.1, 0.15) is 5.82 Å². The second-order valence-electron chi connectivity index (χ2n) is 5.75. The van der Waals surface area contributed by atoms with Gasteiger partial charge in [-0.05, 0) is 37.9 Å². The number of nitrogens with zero attached hydrogens (tertiary/aromatic N) is 2. The van der Waals surface area contributed by atoms with Gasteiger partial charge in [-0.25, -0.2) is 4.39 Å². The van der Waals surface area contributed by atoms with Crippen LogP contribution in [-0.2, 0) is 11.3 Å². The quantitative estimate of drug-likeness (QED) is 0.681. The molecule has 1 saturated heterocycles. The Kier molecular flexibility index (Phi) is 4.22. The summed E-state index contributed by atoms with van der Waals surface area (Å²) in [5.74, 6) is -1.50. The minimum Gasteiger partial charge on any atom is -0.481 e. The molecule has 0 radical (unpaired) electrons. The van der Waals surface area contributed by atoms with Crippen LogP contribution < -0.4 is 0 Å². The molecule has 1 atom stereocenters. The maximum atomic E-state index is 13.4. The lowest BCUT2D eigenvalue weighted by atomic mass is 9.82. The number of nitro groups is 1. The van der Waals surface area contributed by atoms with E-state index in [9.17, 15) is 24.4 Å². The zero-order valence-corrected chi connectivity index (χ0v) is 11.7. The maximum Gasteiger partial charge on any atom is 0.310 e. The fraction of sp³-hybridized carbons (Fsp3) is 0.500. The summed E-state index contributed by atoms with van der Waals surface area (Å²) in [6, 6.07) is 3.45. The van der Waals surface area contributed by atoms with E-state index in [4.69, 9.17) is 0 Å². The van der Waals surface area contributed by atoms with Crippen molar-refractivity contribution in [3.63, 3.8) is 0 Å². The lowest BCUT2D eigenvalue weighted by Gasteiger charge is -2.37. The molecule has 0 spiro atoms. The molecule has 1 unspecified atom stereocenters. The molecular formula is C14H17FN2O4. The van der Waals surface area contributed by atoms with Crippen LogP contribution in [0, 0.1) is 21.3 Å². The summed E-state index contributed by atoms with van der Waals surface area (Å²) in [7, 11) is 0. The minimum atomic E-state index is -0.850. The van der Waals surface area contributed by atoms with Crippen molar-refractivity contribution < 1.29 is 19.2 Å². The van der Waals surface area contributed by atoms with Gasteiger partial charge in [0, 0.05) is 19.2 Å². The van der Waals surface area contributed by atoms with Crippen molar-refractivity contribution in [1.82, 2.24) is 4.90 Å². The molecule has 1 aliphatic heterocycles. The molecule has 1 N–H and O–H groups in total. The Balaban J connectivity index is 2.15. The summed E-state index contributed by atoms with van der Waals surface area (Å²) >= 11 is 0. The van der Waals surface area contributed by atoms with Crippen LogP contribution >= 0.6 is 0 Å². The van der Waals surface area contributed by atoms with E-state index in [0.717, 1.165) is 12.5 Å². The first-order valence-corrected chi connectivity index (χ1v) is 6.70. The number of piperidine rings is 1. The number of hydrogen-bond acceptors (Lipinski definition) is 4. The van der Waals surface area contributed by atoms with E-state index in [0.29, 0.717) is 31.6 Å². The van der Waals surface area contributed by atoms with Gasteiger partial charge in [0.25, 0.3) is 5.69 Å². The number of halogens is 1. The third-order valence-electron chi connectivity index (χ3n) is 3.85. The van der Waals surface area contributed by atoms with Crippen LogP contribution in [0.2, 0.25) is 0 Å². The molecule has 1 aliphatic rings. The van der Waals surface area contributed by atoms with Gasteiger partial charge in [-0.3, -0.25) is 19.8 Å². The van der Waals surface area contributed by atoms with Crippen LogP contribution in [0.4, 0.5) is 10.1 Å². The van der Waals surface area contributed by atoms with Crippen molar-refractivity contribution in [2.45, 2.75) is 26.3 Å². The number of aliphatic carboxylic acids is 1. The van der Waals surface area contributed by atoms with Gasteiger partial charge >= 0.3 is 5.97 Å². The van der Waals surface area contributed by atoms with Crippen LogP contribution in [0.3, 0.4) is 0 Å². The number of carboxylic acids is 1. The van der Waals surface area contributed by atoms with E-state index < -0.39 is 22.1 Å². The average molecular weight is 296 g/mol. The zero-order chi connectivity index (χ0) is 15.6. The summed E-state index contributed by atoms with van der Waals surface area (Å²) < 4.78 is 13.4. The van der Waals surface area contributed by atoms with Crippen molar-refractivity contribution in [1.29, 1.82) is 0 Å². The van der Waals surface area contributed by atoms with Crippen LogP contribution in [0.15, 0.2) is 18.2 Å². The highest BCUT2D eigenvalue weighted by Crippen LogP contribution is 2.30. The Labute approximate surface area is 121 Å². The van der Waals surface area contributed by atoms with E-state index in [-0.39, 0.29) is 5.69 Å². The number of carbonyl (C=O) groups is 1. The van der Waals surface area contributed by atoms with E-state index in [1.54, 1.807) is 6.92 Å². The molecule has 0 aromatic heterocycles. The second kappa shape index (κ2) is 5.77. The lowest BCUT2D eigenvalue weighted by molar-refractivity contribution is -0.385. The molecule has 0 aliphatic carbocycles. The van der Waals surface area contributed by atoms with Crippen molar-refractivity contribution in [2.24, 2.45) is 5.41 Å². The fourth-order valence-corrected chi connectivity index (χ4v) is 2.74. The average Bonchev–Trinajstić information content (AvgIpc) is 2.37. The highest BCUT2D eigenvalue weighted by Gasteiger charge is 2.37. The molecule has 6 nitrogen and oxygen atoms in total. The summed E-state index contributed by atoms with van der Waals surface area (Å²) in [6.07, 6.45) is 1.34. The minimum absolute atomic E-state index is 0.289. The topological polar surface area (TPSA) is 83.7 Å². The zero-order valence-electron chi connectivity index (χ0n) is 11.7. The number of rotatable bonds is 4. The molecule has 0 saturated carbocycles. The highest BCUT2D eigenvalue weighted by atomic mass is 19.1. The molecule has 7 heteroatoms. The molecule has 114 valence electrons. The summed E-state index contributed by atoms with van der Waals surface area (Å²) in [5, 5.41) is 20.0. The smallest absolute Gasteiger partial charge is 0.310 e. The normalized spacial score (nSPS) is 23.0. The van der Waals surface area contributed by atoms with Crippen molar-refractivity contribution in [3.8, 4) is 0 Å². The standard InChI is InChI=1S/C14H17FN2O4/c1-14(13(18)19)3-2-4-16(9-14)8-10-5-11(15)7-12(6-10)17(20)21/h5-7H,2-4,8-9H2,1H3,(H,18,19). The molecule has 21 heavy (non-hydrogen) atoms. The van der Waals surface area contributed by atoms with Crippen LogP contribution in [-0.4, -0.2) is 34.0 Å². The second-order valence-corrected chi connectivity index (χ2v) is 5.75. The number of carboxylic acid groups (broad SMARTS) is 1. The van der Waals surface area contributed by atoms with Crippen molar-refractivity contribution in [3.05, 3.63) is 39.7 Å².